The molecule has 0 aliphatic rings. The third kappa shape index (κ3) is 5.46. The third-order valence-corrected chi connectivity index (χ3v) is 6.32. The van der Waals surface area contributed by atoms with Gasteiger partial charge in [0.2, 0.25) is 10.0 Å². The average Bonchev–Trinajstić information content (AvgIpc) is 2.75. The molecule has 156 valence electrons. The lowest BCUT2D eigenvalue weighted by atomic mass is 10.1. The van der Waals surface area contributed by atoms with Gasteiger partial charge in [-0.05, 0) is 48.0 Å². The summed E-state index contributed by atoms with van der Waals surface area (Å²) in [5, 5.41) is 2.77. The minimum absolute atomic E-state index is 0.166. The largest absolute Gasteiger partial charge is 0.493 e. The molecule has 0 aliphatic heterocycles. The fourth-order valence-electron chi connectivity index (χ4n) is 2.78. The van der Waals surface area contributed by atoms with Crippen molar-refractivity contribution in [3.63, 3.8) is 0 Å². The first-order valence-electron chi connectivity index (χ1n) is 9.47. The van der Waals surface area contributed by atoms with E-state index in [0.29, 0.717) is 23.6 Å². The van der Waals surface area contributed by atoms with Crippen molar-refractivity contribution in [1.29, 1.82) is 0 Å². The molecule has 1 N–H and O–H groups in total. The zero-order chi connectivity index (χ0) is 21.6. The Morgan fingerprint density at radius 3 is 2.30 bits per heavy atom. The van der Waals surface area contributed by atoms with Gasteiger partial charge in [-0.15, -0.1) is 0 Å². The number of amides is 1. The zero-order valence-corrected chi connectivity index (χ0v) is 17.7. The number of hydrogen-bond acceptors (Lipinski definition) is 4. The summed E-state index contributed by atoms with van der Waals surface area (Å²) in [6, 6.07) is 23.1. The van der Waals surface area contributed by atoms with E-state index in [0.717, 1.165) is 10.7 Å². The Morgan fingerprint density at radius 2 is 1.63 bits per heavy atom. The maximum atomic E-state index is 12.6. The molecule has 0 unspecified atom stereocenters. The first kappa shape index (κ1) is 21.5. The van der Waals surface area contributed by atoms with Crippen LogP contribution in [0.3, 0.4) is 0 Å². The molecular weight excluding hydrogens is 400 g/mol. The summed E-state index contributed by atoms with van der Waals surface area (Å²) in [7, 11) is -0.561. The van der Waals surface area contributed by atoms with E-state index in [4.69, 9.17) is 4.74 Å². The number of carbonyl (C=O) groups excluding carboxylic acids is 1. The highest BCUT2D eigenvalue weighted by atomic mass is 32.2. The minimum Gasteiger partial charge on any atom is -0.493 e. The summed E-state index contributed by atoms with van der Waals surface area (Å²) in [4.78, 5) is 12.7. The summed E-state index contributed by atoms with van der Waals surface area (Å²) < 4.78 is 31.2. The average molecular weight is 425 g/mol. The first-order valence-corrected chi connectivity index (χ1v) is 10.9. The molecule has 0 saturated heterocycles. The number of sulfonamides is 1. The van der Waals surface area contributed by atoms with E-state index in [1.54, 1.807) is 30.3 Å². The van der Waals surface area contributed by atoms with E-state index >= 15 is 0 Å². The van der Waals surface area contributed by atoms with E-state index in [2.05, 4.69) is 5.32 Å². The quantitative estimate of drug-likeness (QED) is 0.597. The lowest BCUT2D eigenvalue weighted by Gasteiger charge is -2.12. The molecule has 0 aliphatic carbocycles. The molecule has 0 radical (unpaired) electrons. The molecule has 6 nitrogen and oxygen atoms in total. The van der Waals surface area contributed by atoms with Crippen LogP contribution in [0.5, 0.6) is 5.75 Å². The van der Waals surface area contributed by atoms with Gasteiger partial charge in [-0.2, -0.15) is 0 Å². The van der Waals surface area contributed by atoms with Gasteiger partial charge in [-0.1, -0.05) is 36.4 Å². The second-order valence-corrected chi connectivity index (χ2v) is 9.03. The van der Waals surface area contributed by atoms with Gasteiger partial charge in [0.25, 0.3) is 5.91 Å². The van der Waals surface area contributed by atoms with Gasteiger partial charge < -0.3 is 10.1 Å². The Bertz CT molecular complexity index is 1100. The van der Waals surface area contributed by atoms with Gasteiger partial charge in [0.1, 0.15) is 5.75 Å². The lowest BCUT2D eigenvalue weighted by Crippen LogP contribution is -2.22. The molecule has 1 amide bonds. The summed E-state index contributed by atoms with van der Waals surface area (Å²) >= 11 is 0. The first-order chi connectivity index (χ1) is 14.4. The lowest BCUT2D eigenvalue weighted by molar-refractivity contribution is 0.102. The van der Waals surface area contributed by atoms with Crippen LogP contribution in [-0.2, 0) is 16.4 Å². The Hall–Kier alpha value is -3.16. The van der Waals surface area contributed by atoms with Crippen molar-refractivity contribution in [2.24, 2.45) is 0 Å². The normalized spacial score (nSPS) is 11.3. The Morgan fingerprint density at radius 1 is 0.933 bits per heavy atom. The molecule has 3 aromatic rings. The fourth-order valence-corrected chi connectivity index (χ4v) is 3.68. The molecule has 0 heterocycles. The molecule has 0 atom stereocenters. The summed E-state index contributed by atoms with van der Waals surface area (Å²) in [6.45, 7) is 0.511. The van der Waals surface area contributed by atoms with Crippen molar-refractivity contribution in [2.75, 3.05) is 26.0 Å². The van der Waals surface area contributed by atoms with E-state index in [1.807, 2.05) is 36.4 Å². The molecule has 0 saturated carbocycles. The predicted octanol–water partition coefficient (Wildman–Crippen LogP) is 3.81. The number of anilines is 1. The van der Waals surface area contributed by atoms with E-state index < -0.39 is 10.0 Å². The minimum atomic E-state index is -3.50. The van der Waals surface area contributed by atoms with E-state index in [1.165, 1.54) is 31.8 Å². The maximum Gasteiger partial charge on any atom is 0.255 e. The van der Waals surface area contributed by atoms with E-state index in [-0.39, 0.29) is 10.8 Å². The van der Waals surface area contributed by atoms with Crippen molar-refractivity contribution < 1.29 is 17.9 Å². The molecule has 0 aromatic heterocycles. The van der Waals surface area contributed by atoms with Crippen LogP contribution in [0.1, 0.15) is 15.9 Å². The molecule has 7 heteroatoms. The van der Waals surface area contributed by atoms with Crippen molar-refractivity contribution in [2.45, 2.75) is 11.3 Å². The topological polar surface area (TPSA) is 75.7 Å². The molecule has 3 aromatic carbocycles. The van der Waals surface area contributed by atoms with Crippen LogP contribution in [0, 0.1) is 0 Å². The van der Waals surface area contributed by atoms with Gasteiger partial charge in [0.15, 0.2) is 0 Å². The second-order valence-electron chi connectivity index (χ2n) is 6.88. The maximum absolute atomic E-state index is 12.6. The monoisotopic (exact) mass is 424 g/mol. The van der Waals surface area contributed by atoms with Crippen molar-refractivity contribution in [3.8, 4) is 5.75 Å². The molecule has 0 fully saturated rings. The highest BCUT2D eigenvalue weighted by Crippen LogP contribution is 2.19. The molecular formula is C23H24N2O4S. The molecule has 3 rings (SSSR count). The number of rotatable bonds is 8. The zero-order valence-electron chi connectivity index (χ0n) is 16.9. The number of hydrogen-bond donors (Lipinski definition) is 1. The third-order valence-electron chi connectivity index (χ3n) is 4.49. The Labute approximate surface area is 177 Å². The van der Waals surface area contributed by atoms with Gasteiger partial charge in [-0.3, -0.25) is 4.79 Å². The van der Waals surface area contributed by atoms with Gasteiger partial charge >= 0.3 is 0 Å². The van der Waals surface area contributed by atoms with Crippen LogP contribution in [-0.4, -0.2) is 39.3 Å². The summed E-state index contributed by atoms with van der Waals surface area (Å²) in [6.07, 6.45) is 0.777. The van der Waals surface area contributed by atoms with Crippen LogP contribution in [0.15, 0.2) is 83.8 Å². The molecule has 30 heavy (non-hydrogen) atoms. The Balaban J connectivity index is 1.61. The SMILES string of the molecule is CN(C)S(=O)(=O)c1ccc(NC(=O)c2cccc(OCCc3ccccc3)c2)cc1. The molecule has 0 spiro atoms. The van der Waals surface area contributed by atoms with Crippen molar-refractivity contribution >= 4 is 21.6 Å². The van der Waals surface area contributed by atoms with Gasteiger partial charge in [0, 0.05) is 31.8 Å². The van der Waals surface area contributed by atoms with Crippen molar-refractivity contribution in [3.05, 3.63) is 90.0 Å². The van der Waals surface area contributed by atoms with Crippen LogP contribution in [0.2, 0.25) is 0 Å². The van der Waals surface area contributed by atoms with Crippen molar-refractivity contribution in [1.82, 2.24) is 4.31 Å². The number of nitrogens with zero attached hydrogens (tertiary/aromatic N) is 1. The molecule has 0 bridgehead atoms. The van der Waals surface area contributed by atoms with Gasteiger partial charge in [-0.25, -0.2) is 12.7 Å². The summed E-state index contributed by atoms with van der Waals surface area (Å²) in [5.41, 5.74) is 2.15. The highest BCUT2D eigenvalue weighted by Gasteiger charge is 2.17. The Kier molecular flexibility index (Phi) is 6.87. The van der Waals surface area contributed by atoms with Crippen LogP contribution < -0.4 is 10.1 Å². The van der Waals surface area contributed by atoms with E-state index in [9.17, 15) is 13.2 Å². The van der Waals surface area contributed by atoms with Crippen LogP contribution >= 0.6 is 0 Å². The fraction of sp³-hybridized carbons (Fsp3) is 0.174. The van der Waals surface area contributed by atoms with Gasteiger partial charge in [0.05, 0.1) is 11.5 Å². The number of carbonyl (C=O) groups is 1. The van der Waals surface area contributed by atoms with Crippen LogP contribution in [0.4, 0.5) is 5.69 Å². The predicted molar refractivity (Wildman–Crippen MR) is 117 cm³/mol. The van der Waals surface area contributed by atoms with Crippen LogP contribution in [0.25, 0.3) is 0 Å². The summed E-state index contributed by atoms with van der Waals surface area (Å²) in [5.74, 6) is 0.317. The second kappa shape index (κ2) is 9.56. The number of benzene rings is 3. The smallest absolute Gasteiger partial charge is 0.255 e. The highest BCUT2D eigenvalue weighted by molar-refractivity contribution is 7.89. The number of nitrogens with one attached hydrogen (secondary N) is 1. The number of ether oxygens (including phenoxy) is 1. The standard InChI is InChI=1S/C23H24N2O4S/c1-25(2)30(27,28)22-13-11-20(12-14-22)24-23(26)19-9-6-10-21(17-19)29-16-15-18-7-4-3-5-8-18/h3-14,17H,15-16H2,1-2H3,(H,24,26).